The van der Waals surface area contributed by atoms with Crippen LogP contribution in [0.4, 0.5) is 0 Å². The normalized spacial score (nSPS) is 47.5. The molecule has 7 atom stereocenters. The summed E-state index contributed by atoms with van der Waals surface area (Å²) in [6.07, 6.45) is 17.0. The van der Waals surface area contributed by atoms with Crippen molar-refractivity contribution >= 4 is 22.6 Å². The van der Waals surface area contributed by atoms with Crippen molar-refractivity contribution in [2.24, 2.45) is 40.4 Å². The molecule has 4 rings (SSSR count). The minimum atomic E-state index is 0.581. The highest BCUT2D eigenvalue weighted by atomic mass is 127. The SMILES string of the molecule is CC(C)CC/C=C(/I)[C@H]1CCC2C3CCC4NCCC[C@]4(C)C3CC[C@@]21C. The summed E-state index contributed by atoms with van der Waals surface area (Å²) in [5, 5.41) is 3.91. The summed E-state index contributed by atoms with van der Waals surface area (Å²) in [5.41, 5.74) is 1.16. The zero-order valence-corrected chi connectivity index (χ0v) is 20.4. The summed E-state index contributed by atoms with van der Waals surface area (Å²) in [4.78, 5) is 0. The van der Waals surface area contributed by atoms with Gasteiger partial charge in [0.2, 0.25) is 0 Å². The van der Waals surface area contributed by atoms with Crippen LogP contribution in [0.15, 0.2) is 9.66 Å². The lowest BCUT2D eigenvalue weighted by atomic mass is 9.47. The number of piperidine rings is 1. The Kier molecular flexibility index (Phi) is 6.08. The van der Waals surface area contributed by atoms with Crippen LogP contribution in [0.3, 0.4) is 0 Å². The van der Waals surface area contributed by atoms with Crippen LogP contribution in [0, 0.1) is 40.4 Å². The zero-order valence-electron chi connectivity index (χ0n) is 18.2. The van der Waals surface area contributed by atoms with Gasteiger partial charge in [0.15, 0.2) is 0 Å². The molecule has 154 valence electrons. The number of hydrogen-bond donors (Lipinski definition) is 1. The molecule has 27 heavy (non-hydrogen) atoms. The summed E-state index contributed by atoms with van der Waals surface area (Å²) >= 11 is 2.72. The average molecular weight is 484 g/mol. The van der Waals surface area contributed by atoms with Gasteiger partial charge in [-0.25, -0.2) is 0 Å². The van der Waals surface area contributed by atoms with Crippen LogP contribution in [0.2, 0.25) is 0 Å². The molecule has 1 saturated heterocycles. The fraction of sp³-hybridized carbons (Fsp3) is 0.920. The van der Waals surface area contributed by atoms with Crippen molar-refractivity contribution in [2.75, 3.05) is 6.54 Å². The van der Waals surface area contributed by atoms with Gasteiger partial charge in [-0.1, -0.05) is 33.8 Å². The van der Waals surface area contributed by atoms with Gasteiger partial charge in [0.05, 0.1) is 0 Å². The van der Waals surface area contributed by atoms with Crippen LogP contribution >= 0.6 is 22.6 Å². The monoisotopic (exact) mass is 483 g/mol. The number of allylic oxidation sites excluding steroid dienone is 2. The Balaban J connectivity index is 1.51. The summed E-state index contributed by atoms with van der Waals surface area (Å²) in [7, 11) is 0. The molecule has 1 heterocycles. The van der Waals surface area contributed by atoms with Gasteiger partial charge in [-0.05, 0) is 137 Å². The second-order valence-corrected chi connectivity index (χ2v) is 12.6. The molecule has 0 radical (unpaired) electrons. The second-order valence-electron chi connectivity index (χ2n) is 11.3. The average Bonchev–Trinajstić information content (AvgIpc) is 2.98. The Morgan fingerprint density at radius 3 is 2.59 bits per heavy atom. The van der Waals surface area contributed by atoms with Crippen LogP contribution in [-0.2, 0) is 0 Å². The third-order valence-electron chi connectivity index (χ3n) is 9.57. The molecule has 4 aliphatic rings. The van der Waals surface area contributed by atoms with Gasteiger partial charge in [0.25, 0.3) is 0 Å². The van der Waals surface area contributed by atoms with Crippen molar-refractivity contribution in [3.8, 4) is 0 Å². The van der Waals surface area contributed by atoms with E-state index in [1.54, 1.807) is 3.58 Å². The molecular formula is C25H42IN. The van der Waals surface area contributed by atoms with Crippen molar-refractivity contribution in [1.29, 1.82) is 0 Å². The molecule has 2 heteroatoms. The Labute approximate surface area is 182 Å². The molecular weight excluding hydrogens is 441 g/mol. The molecule has 0 bridgehead atoms. The summed E-state index contributed by atoms with van der Waals surface area (Å²) in [6, 6.07) is 0.810. The van der Waals surface area contributed by atoms with Crippen LogP contribution in [-0.4, -0.2) is 12.6 Å². The molecule has 1 N–H and O–H groups in total. The predicted octanol–water partition coefficient (Wildman–Crippen LogP) is 7.35. The third kappa shape index (κ3) is 3.57. The first-order valence-corrected chi connectivity index (χ1v) is 13.0. The molecule has 0 aromatic heterocycles. The molecule has 4 fully saturated rings. The van der Waals surface area contributed by atoms with E-state index < -0.39 is 0 Å². The van der Waals surface area contributed by atoms with Crippen LogP contribution in [0.25, 0.3) is 0 Å². The fourth-order valence-corrected chi connectivity index (χ4v) is 9.38. The highest BCUT2D eigenvalue weighted by molar-refractivity contribution is 14.1. The van der Waals surface area contributed by atoms with Gasteiger partial charge >= 0.3 is 0 Å². The van der Waals surface area contributed by atoms with E-state index in [4.69, 9.17) is 0 Å². The lowest BCUT2D eigenvalue weighted by molar-refractivity contribution is -0.0904. The van der Waals surface area contributed by atoms with Gasteiger partial charge < -0.3 is 5.32 Å². The van der Waals surface area contributed by atoms with E-state index in [0.29, 0.717) is 10.8 Å². The van der Waals surface area contributed by atoms with Gasteiger partial charge in [-0.3, -0.25) is 0 Å². The van der Waals surface area contributed by atoms with Crippen molar-refractivity contribution in [1.82, 2.24) is 5.32 Å². The first kappa shape index (κ1) is 20.7. The molecule has 1 aliphatic heterocycles. The highest BCUT2D eigenvalue weighted by Gasteiger charge is 2.59. The lowest BCUT2D eigenvalue weighted by Crippen LogP contribution is -2.59. The topological polar surface area (TPSA) is 12.0 Å². The maximum Gasteiger partial charge on any atom is 0.0124 e. The van der Waals surface area contributed by atoms with Crippen molar-refractivity contribution < 1.29 is 0 Å². The third-order valence-corrected chi connectivity index (χ3v) is 10.8. The first-order chi connectivity index (χ1) is 12.9. The van der Waals surface area contributed by atoms with E-state index in [1.807, 2.05) is 0 Å². The van der Waals surface area contributed by atoms with E-state index in [9.17, 15) is 0 Å². The van der Waals surface area contributed by atoms with Crippen LogP contribution in [0.5, 0.6) is 0 Å². The van der Waals surface area contributed by atoms with E-state index >= 15 is 0 Å². The smallest absolute Gasteiger partial charge is 0.0124 e. The Morgan fingerprint density at radius 2 is 1.81 bits per heavy atom. The summed E-state index contributed by atoms with van der Waals surface area (Å²) < 4.78 is 1.70. The van der Waals surface area contributed by atoms with E-state index in [-0.39, 0.29) is 0 Å². The van der Waals surface area contributed by atoms with Crippen molar-refractivity contribution in [3.63, 3.8) is 0 Å². The standard InChI is InChI=1S/C25H42IN/c1-17(2)7-5-8-22(26)21-11-10-19-18-9-12-23-25(4,14-6-16-27-23)20(18)13-15-24(19,21)3/h8,17-21,23,27H,5-7,9-16H2,1-4H3/b22-8+/t18?,19?,20?,21-,23?,24+,25-/m1/s1. The van der Waals surface area contributed by atoms with Crippen LogP contribution in [0.1, 0.15) is 91.9 Å². The van der Waals surface area contributed by atoms with Gasteiger partial charge in [0.1, 0.15) is 0 Å². The number of hydrogen-bond acceptors (Lipinski definition) is 1. The Bertz CT molecular complexity index is 569. The number of nitrogens with one attached hydrogen (secondary N) is 1. The molecule has 1 nitrogen and oxygen atoms in total. The molecule has 0 aromatic carbocycles. The molecule has 0 amide bonds. The van der Waals surface area contributed by atoms with Crippen molar-refractivity contribution in [2.45, 2.75) is 97.9 Å². The largest absolute Gasteiger partial charge is 0.313 e. The molecule has 3 saturated carbocycles. The maximum absolute atomic E-state index is 3.91. The molecule has 0 aromatic rings. The number of halogens is 1. The first-order valence-electron chi connectivity index (χ1n) is 11.9. The molecule has 3 aliphatic carbocycles. The maximum atomic E-state index is 3.91. The second kappa shape index (κ2) is 7.93. The van der Waals surface area contributed by atoms with Crippen LogP contribution < -0.4 is 5.32 Å². The number of rotatable bonds is 4. The molecule has 4 unspecified atom stereocenters. The summed E-state index contributed by atoms with van der Waals surface area (Å²) in [5.74, 6) is 4.67. The Hall–Kier alpha value is 0.430. The minimum absolute atomic E-state index is 0.581. The fourth-order valence-electron chi connectivity index (χ4n) is 8.05. The van der Waals surface area contributed by atoms with Gasteiger partial charge in [-0.2, -0.15) is 0 Å². The van der Waals surface area contributed by atoms with Crippen molar-refractivity contribution in [3.05, 3.63) is 9.66 Å². The highest BCUT2D eigenvalue weighted by Crippen LogP contribution is 2.66. The lowest BCUT2D eigenvalue weighted by Gasteiger charge is -2.60. The predicted molar refractivity (Wildman–Crippen MR) is 125 cm³/mol. The van der Waals surface area contributed by atoms with Gasteiger partial charge in [0, 0.05) is 6.04 Å². The molecule has 0 spiro atoms. The minimum Gasteiger partial charge on any atom is -0.313 e. The summed E-state index contributed by atoms with van der Waals surface area (Å²) in [6.45, 7) is 11.3. The van der Waals surface area contributed by atoms with E-state index in [1.165, 1.54) is 70.8 Å². The quantitative estimate of drug-likeness (QED) is 0.412. The number of fused-ring (bicyclic) bond motifs is 5. The Morgan fingerprint density at radius 1 is 1.04 bits per heavy atom. The zero-order chi connectivity index (χ0) is 19.2. The van der Waals surface area contributed by atoms with E-state index in [0.717, 1.165) is 35.6 Å². The van der Waals surface area contributed by atoms with Gasteiger partial charge in [-0.15, -0.1) is 0 Å². The van der Waals surface area contributed by atoms with E-state index in [2.05, 4.69) is 61.7 Å².